The van der Waals surface area contributed by atoms with Crippen molar-refractivity contribution in [1.29, 1.82) is 0 Å². The highest BCUT2D eigenvalue weighted by atomic mass is 16.4. The molecule has 17 heavy (non-hydrogen) atoms. The number of carboxylic acid groups (broad SMARTS) is 1. The van der Waals surface area contributed by atoms with E-state index < -0.39 is 5.97 Å². The Bertz CT molecular complexity index is 463. The predicted molar refractivity (Wildman–Crippen MR) is 65.2 cm³/mol. The lowest BCUT2D eigenvalue weighted by atomic mass is 10.2. The highest BCUT2D eigenvalue weighted by Crippen LogP contribution is 2.19. The normalized spacial score (nSPS) is 10.1. The van der Waals surface area contributed by atoms with Gasteiger partial charge in [-0.3, -0.25) is 0 Å². The Morgan fingerprint density at radius 2 is 2.29 bits per heavy atom. The van der Waals surface area contributed by atoms with Crippen LogP contribution in [-0.4, -0.2) is 34.6 Å². The molecule has 90 valence electrons. The largest absolute Gasteiger partial charge is 0.476 e. The first kappa shape index (κ1) is 13.0. The quantitative estimate of drug-likeness (QED) is 0.795. The topological polar surface area (TPSA) is 66.3 Å². The Morgan fingerprint density at radius 3 is 2.76 bits per heavy atom. The van der Waals surface area contributed by atoms with Gasteiger partial charge in [-0.25, -0.2) is 14.8 Å². The van der Waals surface area contributed by atoms with Crippen LogP contribution in [0.5, 0.6) is 0 Å². The van der Waals surface area contributed by atoms with Crippen LogP contribution in [0.25, 0.3) is 0 Å². The fraction of sp³-hybridized carbons (Fsp3) is 0.417. The van der Waals surface area contributed by atoms with Crippen LogP contribution < -0.4 is 4.90 Å². The Kier molecular flexibility index (Phi) is 4.05. The predicted octanol–water partition coefficient (Wildman–Crippen LogP) is 1.37. The molecule has 0 saturated carbocycles. The maximum atomic E-state index is 11.1. The molecule has 0 amide bonds. The van der Waals surface area contributed by atoms with Gasteiger partial charge in [-0.2, -0.15) is 0 Å². The number of carbonyl (C=O) groups is 1. The summed E-state index contributed by atoms with van der Waals surface area (Å²) in [5.41, 5.74) is 0.418. The summed E-state index contributed by atoms with van der Waals surface area (Å²) in [5.74, 6) is 1.97. The van der Waals surface area contributed by atoms with Crippen molar-refractivity contribution in [2.45, 2.75) is 19.8 Å². The van der Waals surface area contributed by atoms with Crippen molar-refractivity contribution in [2.75, 3.05) is 18.5 Å². The summed E-state index contributed by atoms with van der Waals surface area (Å²) in [6, 6.07) is 0. The van der Waals surface area contributed by atoms with E-state index in [0.717, 1.165) is 0 Å². The van der Waals surface area contributed by atoms with E-state index in [-0.39, 0.29) is 11.6 Å². The molecule has 1 N–H and O–H groups in total. The highest BCUT2D eigenvalue weighted by molar-refractivity contribution is 5.92. The molecule has 0 aliphatic heterocycles. The molecule has 0 saturated heterocycles. The van der Waals surface area contributed by atoms with Gasteiger partial charge in [-0.15, -0.1) is 6.42 Å². The first-order valence-electron chi connectivity index (χ1n) is 5.22. The Hall–Kier alpha value is -2.09. The number of rotatable bonds is 4. The lowest BCUT2D eigenvalue weighted by Gasteiger charge is -2.18. The SMILES string of the molecule is C#CCN(C)c1cnc(C(C)C)nc1C(=O)O. The van der Waals surface area contributed by atoms with E-state index in [1.807, 2.05) is 13.8 Å². The van der Waals surface area contributed by atoms with Crippen LogP contribution in [0.1, 0.15) is 36.1 Å². The number of anilines is 1. The lowest BCUT2D eigenvalue weighted by molar-refractivity contribution is 0.0690. The van der Waals surface area contributed by atoms with Gasteiger partial charge in [0.2, 0.25) is 0 Å². The molecule has 0 spiro atoms. The van der Waals surface area contributed by atoms with Crippen molar-refractivity contribution < 1.29 is 9.90 Å². The Balaban J connectivity index is 3.23. The van der Waals surface area contributed by atoms with Gasteiger partial charge in [0.05, 0.1) is 18.4 Å². The summed E-state index contributed by atoms with van der Waals surface area (Å²) in [4.78, 5) is 21.0. The van der Waals surface area contributed by atoms with E-state index >= 15 is 0 Å². The van der Waals surface area contributed by atoms with Gasteiger partial charge in [0, 0.05) is 13.0 Å². The van der Waals surface area contributed by atoms with Crippen LogP contribution >= 0.6 is 0 Å². The Morgan fingerprint density at radius 1 is 1.65 bits per heavy atom. The van der Waals surface area contributed by atoms with Crippen LogP contribution in [-0.2, 0) is 0 Å². The van der Waals surface area contributed by atoms with Crippen LogP contribution in [0, 0.1) is 12.3 Å². The van der Waals surface area contributed by atoms with Gasteiger partial charge in [0.25, 0.3) is 0 Å². The number of aromatic nitrogens is 2. The zero-order chi connectivity index (χ0) is 13.0. The minimum atomic E-state index is -1.08. The van der Waals surface area contributed by atoms with Crippen molar-refractivity contribution in [2.24, 2.45) is 0 Å². The first-order chi connectivity index (χ1) is 7.97. The Labute approximate surface area is 101 Å². The average molecular weight is 233 g/mol. The monoisotopic (exact) mass is 233 g/mol. The zero-order valence-corrected chi connectivity index (χ0v) is 10.1. The summed E-state index contributed by atoms with van der Waals surface area (Å²) in [7, 11) is 1.71. The third kappa shape index (κ3) is 2.94. The van der Waals surface area contributed by atoms with Crippen LogP contribution in [0.15, 0.2) is 6.20 Å². The molecule has 0 unspecified atom stereocenters. The molecule has 0 aliphatic carbocycles. The second-order valence-corrected chi connectivity index (χ2v) is 3.98. The molecule has 5 nitrogen and oxygen atoms in total. The van der Waals surface area contributed by atoms with E-state index in [0.29, 0.717) is 18.1 Å². The molecule has 1 aromatic heterocycles. The molecule has 0 fully saturated rings. The van der Waals surface area contributed by atoms with Crippen molar-refractivity contribution in [3.63, 3.8) is 0 Å². The van der Waals surface area contributed by atoms with E-state index in [1.54, 1.807) is 11.9 Å². The number of hydrogen-bond donors (Lipinski definition) is 1. The van der Waals surface area contributed by atoms with Gasteiger partial charge in [0.15, 0.2) is 5.69 Å². The molecule has 0 radical (unpaired) electrons. The van der Waals surface area contributed by atoms with Gasteiger partial charge < -0.3 is 10.0 Å². The molecule has 1 rings (SSSR count). The fourth-order valence-electron chi connectivity index (χ4n) is 1.33. The van der Waals surface area contributed by atoms with Gasteiger partial charge in [0.1, 0.15) is 5.82 Å². The van der Waals surface area contributed by atoms with E-state index in [4.69, 9.17) is 11.5 Å². The van der Waals surface area contributed by atoms with E-state index in [9.17, 15) is 4.79 Å². The number of nitrogens with zero attached hydrogens (tertiary/aromatic N) is 3. The van der Waals surface area contributed by atoms with E-state index in [2.05, 4.69) is 15.9 Å². The molecular formula is C12H15N3O2. The summed E-state index contributed by atoms with van der Waals surface area (Å²) in [6.45, 7) is 4.13. The smallest absolute Gasteiger partial charge is 0.356 e. The molecule has 1 aromatic rings. The van der Waals surface area contributed by atoms with Crippen LogP contribution in [0.3, 0.4) is 0 Å². The summed E-state index contributed by atoms with van der Waals surface area (Å²) in [6.07, 6.45) is 6.69. The second-order valence-electron chi connectivity index (χ2n) is 3.98. The molecule has 5 heteroatoms. The molecule has 0 atom stereocenters. The molecule has 1 heterocycles. The molecule has 0 bridgehead atoms. The van der Waals surface area contributed by atoms with Gasteiger partial charge in [-0.1, -0.05) is 19.8 Å². The lowest BCUT2D eigenvalue weighted by Crippen LogP contribution is -2.22. The van der Waals surface area contributed by atoms with Crippen molar-refractivity contribution >= 4 is 11.7 Å². The van der Waals surface area contributed by atoms with E-state index in [1.165, 1.54) is 6.20 Å². The fourth-order valence-corrected chi connectivity index (χ4v) is 1.33. The number of terminal acetylenes is 1. The van der Waals surface area contributed by atoms with Crippen molar-refractivity contribution in [1.82, 2.24) is 9.97 Å². The third-order valence-corrected chi connectivity index (χ3v) is 2.25. The second kappa shape index (κ2) is 5.30. The summed E-state index contributed by atoms with van der Waals surface area (Å²) >= 11 is 0. The zero-order valence-electron chi connectivity index (χ0n) is 10.1. The highest BCUT2D eigenvalue weighted by Gasteiger charge is 2.17. The molecule has 0 aromatic carbocycles. The average Bonchev–Trinajstić information content (AvgIpc) is 2.28. The maximum Gasteiger partial charge on any atom is 0.356 e. The standard InChI is InChI=1S/C12H15N3O2/c1-5-6-15(4)9-7-13-11(8(2)3)14-10(9)12(16)17/h1,7-8H,6H2,2-4H3,(H,16,17). The van der Waals surface area contributed by atoms with Crippen LogP contribution in [0.4, 0.5) is 5.69 Å². The first-order valence-corrected chi connectivity index (χ1v) is 5.22. The van der Waals surface area contributed by atoms with Gasteiger partial charge in [-0.05, 0) is 0 Å². The van der Waals surface area contributed by atoms with Crippen molar-refractivity contribution in [3.8, 4) is 12.3 Å². The molecule has 0 aliphatic rings. The minimum Gasteiger partial charge on any atom is -0.476 e. The van der Waals surface area contributed by atoms with Crippen LogP contribution in [0.2, 0.25) is 0 Å². The molecular weight excluding hydrogens is 218 g/mol. The van der Waals surface area contributed by atoms with Gasteiger partial charge >= 0.3 is 5.97 Å². The summed E-state index contributed by atoms with van der Waals surface area (Å²) < 4.78 is 0. The minimum absolute atomic E-state index is 0.0125. The van der Waals surface area contributed by atoms with Crippen molar-refractivity contribution in [3.05, 3.63) is 17.7 Å². The third-order valence-electron chi connectivity index (χ3n) is 2.25. The maximum absolute atomic E-state index is 11.1. The number of carboxylic acids is 1. The number of aromatic carboxylic acids is 1. The number of hydrogen-bond acceptors (Lipinski definition) is 4. The summed E-state index contributed by atoms with van der Waals surface area (Å²) in [5, 5.41) is 9.12.